The third-order valence-corrected chi connectivity index (χ3v) is 2.98. The Kier molecular flexibility index (Phi) is 5.70. The molecule has 2 rings (SSSR count). The summed E-state index contributed by atoms with van der Waals surface area (Å²) in [7, 11) is 0. The number of primary amides is 1. The Morgan fingerprint density at radius 2 is 2.14 bits per heavy atom. The van der Waals surface area contributed by atoms with Gasteiger partial charge in [0, 0.05) is 12.7 Å². The molecule has 3 N–H and O–H groups in total. The van der Waals surface area contributed by atoms with Crippen molar-refractivity contribution in [3.8, 4) is 6.07 Å². The number of nitriles is 1. The zero-order valence-electron chi connectivity index (χ0n) is 10.8. The van der Waals surface area contributed by atoms with E-state index < -0.39 is 5.91 Å². The quantitative estimate of drug-likeness (QED) is 0.870. The lowest BCUT2D eigenvalue weighted by atomic mass is 10.1. The summed E-state index contributed by atoms with van der Waals surface area (Å²) < 4.78 is 1.51. The lowest BCUT2D eigenvalue weighted by Gasteiger charge is -2.10. The van der Waals surface area contributed by atoms with Gasteiger partial charge in [-0.2, -0.15) is 5.26 Å². The minimum atomic E-state index is -0.697. The van der Waals surface area contributed by atoms with Gasteiger partial charge in [-0.1, -0.05) is 23.7 Å². The monoisotopic (exact) mass is 366 g/mol. The van der Waals surface area contributed by atoms with Crippen molar-refractivity contribution in [2.45, 2.75) is 6.54 Å². The van der Waals surface area contributed by atoms with Crippen molar-refractivity contribution in [3.05, 3.63) is 63.7 Å². The Morgan fingerprint density at radius 3 is 2.76 bits per heavy atom. The van der Waals surface area contributed by atoms with Gasteiger partial charge in [0.05, 0.1) is 22.2 Å². The van der Waals surface area contributed by atoms with E-state index in [0.29, 0.717) is 17.1 Å². The third kappa shape index (κ3) is 3.94. The molecule has 0 saturated heterocycles. The smallest absolute Gasteiger partial charge is 0.252 e. The molecule has 7 heteroatoms. The van der Waals surface area contributed by atoms with E-state index >= 15 is 0 Å². The highest BCUT2D eigenvalue weighted by Crippen LogP contribution is 2.10. The number of rotatable bonds is 3. The van der Waals surface area contributed by atoms with E-state index in [1.165, 1.54) is 10.6 Å². The molecule has 0 aliphatic heterocycles. The zero-order chi connectivity index (χ0) is 14.7. The summed E-state index contributed by atoms with van der Waals surface area (Å²) in [5, 5.41) is 17.2. The Balaban J connectivity index is 0.00000220. The summed E-state index contributed by atoms with van der Waals surface area (Å²) in [4.78, 5) is 11.3. The van der Waals surface area contributed by atoms with Gasteiger partial charge < -0.3 is 10.3 Å². The Hall–Kier alpha value is -2.10. The highest BCUT2D eigenvalue weighted by atomic mass is 79.9. The van der Waals surface area contributed by atoms with Crippen LogP contribution in [0.5, 0.6) is 0 Å². The van der Waals surface area contributed by atoms with Crippen LogP contribution < -0.4 is 11.2 Å². The predicted molar refractivity (Wildman–Crippen MR) is 84.4 cm³/mol. The van der Waals surface area contributed by atoms with Crippen molar-refractivity contribution in [1.82, 2.24) is 4.57 Å². The maximum atomic E-state index is 11.3. The molecule has 0 unspecified atom stereocenters. The number of nitrogens with two attached hydrogens (primary N) is 1. The second-order valence-corrected chi connectivity index (χ2v) is 4.66. The zero-order valence-corrected chi connectivity index (χ0v) is 13.3. The molecule has 21 heavy (non-hydrogen) atoms. The fourth-order valence-corrected chi connectivity index (χ4v) is 2.09. The van der Waals surface area contributed by atoms with Crippen LogP contribution in [-0.4, -0.2) is 10.5 Å². The molecule has 108 valence electrons. The molecule has 0 fully saturated rings. The average Bonchev–Trinajstić information content (AvgIpc) is 2.42. The van der Waals surface area contributed by atoms with E-state index in [1.807, 2.05) is 6.07 Å². The van der Waals surface area contributed by atoms with Gasteiger partial charge in [-0.25, -0.2) is 0 Å². The molecule has 1 aromatic carbocycles. The number of aromatic nitrogens is 1. The van der Waals surface area contributed by atoms with Crippen molar-refractivity contribution in [1.29, 1.82) is 10.7 Å². The number of benzene rings is 1. The summed E-state index contributed by atoms with van der Waals surface area (Å²) in [5.74, 6) is -0.697. The lowest BCUT2D eigenvalue weighted by molar-refractivity contribution is 0.0998. The first-order valence-electron chi connectivity index (χ1n) is 5.74. The molecule has 0 atom stereocenters. The van der Waals surface area contributed by atoms with Crippen LogP contribution in [0.4, 0.5) is 0 Å². The fraction of sp³-hybridized carbons (Fsp3) is 0.0714. The highest BCUT2D eigenvalue weighted by molar-refractivity contribution is 8.93. The first kappa shape index (κ1) is 17.0. The SMILES string of the molecule is Br.N#Cc1cccc(Cn2cc(Cl)cc(C(N)=O)c2=N)c1. The second-order valence-electron chi connectivity index (χ2n) is 4.22. The minimum Gasteiger partial charge on any atom is -0.365 e. The molecule has 5 nitrogen and oxygen atoms in total. The van der Waals surface area contributed by atoms with Crippen LogP contribution in [0.2, 0.25) is 5.02 Å². The summed E-state index contributed by atoms with van der Waals surface area (Å²) >= 11 is 5.93. The first-order valence-corrected chi connectivity index (χ1v) is 6.12. The van der Waals surface area contributed by atoms with Crippen LogP contribution >= 0.6 is 28.6 Å². The van der Waals surface area contributed by atoms with Crippen molar-refractivity contribution < 1.29 is 4.79 Å². The van der Waals surface area contributed by atoms with Crippen LogP contribution in [-0.2, 0) is 6.54 Å². The van der Waals surface area contributed by atoms with Crippen LogP contribution in [0.3, 0.4) is 0 Å². The topological polar surface area (TPSA) is 95.7 Å². The molecule has 0 aliphatic carbocycles. The van der Waals surface area contributed by atoms with E-state index in [2.05, 4.69) is 6.07 Å². The van der Waals surface area contributed by atoms with Gasteiger partial charge in [-0.15, -0.1) is 17.0 Å². The van der Waals surface area contributed by atoms with Crippen LogP contribution in [0, 0.1) is 16.7 Å². The van der Waals surface area contributed by atoms with Gasteiger partial charge in [0.15, 0.2) is 0 Å². The van der Waals surface area contributed by atoms with Gasteiger partial charge in [0.25, 0.3) is 5.91 Å². The summed E-state index contributed by atoms with van der Waals surface area (Å²) in [6.45, 7) is 0.329. The number of carbonyl (C=O) groups is 1. The van der Waals surface area contributed by atoms with Gasteiger partial charge in [0.1, 0.15) is 5.49 Å². The minimum absolute atomic E-state index is 0. The van der Waals surface area contributed by atoms with E-state index in [4.69, 9.17) is 28.0 Å². The van der Waals surface area contributed by atoms with E-state index in [1.54, 1.807) is 24.4 Å². The normalized spacial score (nSPS) is 9.52. The Morgan fingerprint density at radius 1 is 1.43 bits per heavy atom. The molecule has 0 saturated carbocycles. The van der Waals surface area contributed by atoms with Crippen LogP contribution in [0.1, 0.15) is 21.5 Å². The number of amides is 1. The number of carbonyl (C=O) groups excluding carboxylic acids is 1. The maximum absolute atomic E-state index is 11.3. The third-order valence-electron chi connectivity index (χ3n) is 2.78. The number of hydrogen-bond donors (Lipinski definition) is 2. The molecule has 2 aromatic rings. The predicted octanol–water partition coefficient (Wildman–Crippen LogP) is 2.22. The van der Waals surface area contributed by atoms with E-state index in [-0.39, 0.29) is 28.0 Å². The summed E-state index contributed by atoms with van der Waals surface area (Å²) in [5.41, 5.74) is 6.64. The molecule has 0 radical (unpaired) electrons. The Labute approximate surface area is 136 Å². The van der Waals surface area contributed by atoms with Crippen molar-refractivity contribution in [2.75, 3.05) is 0 Å². The number of hydrogen-bond acceptors (Lipinski definition) is 3. The molecular weight excluding hydrogens is 356 g/mol. The molecule has 1 amide bonds. The number of nitrogens with zero attached hydrogens (tertiary/aromatic N) is 2. The standard InChI is InChI=1S/C14H11ClN4O.BrH/c15-11-5-12(14(18)20)13(17)19(8-11)7-10-3-1-2-9(4-10)6-16;/h1-5,8,17H,7H2,(H2,18,20);1H. The Bertz CT molecular complexity index is 779. The van der Waals surface area contributed by atoms with Crippen molar-refractivity contribution in [3.63, 3.8) is 0 Å². The van der Waals surface area contributed by atoms with E-state index in [9.17, 15) is 4.79 Å². The van der Waals surface area contributed by atoms with Gasteiger partial charge >= 0.3 is 0 Å². The van der Waals surface area contributed by atoms with Crippen LogP contribution in [0.15, 0.2) is 36.5 Å². The average molecular weight is 368 g/mol. The first-order chi connectivity index (χ1) is 9.51. The molecule has 0 aliphatic rings. The van der Waals surface area contributed by atoms with Gasteiger partial charge in [-0.3, -0.25) is 10.2 Å². The second kappa shape index (κ2) is 7.07. The fourth-order valence-electron chi connectivity index (χ4n) is 1.86. The van der Waals surface area contributed by atoms with Crippen LogP contribution in [0.25, 0.3) is 0 Å². The molecular formula is C14H12BrClN4O. The molecule has 1 heterocycles. The summed E-state index contributed by atoms with van der Waals surface area (Å²) in [6, 6.07) is 10.4. The van der Waals surface area contributed by atoms with Crippen molar-refractivity contribution in [2.24, 2.45) is 5.73 Å². The summed E-state index contributed by atoms with van der Waals surface area (Å²) in [6.07, 6.45) is 1.55. The highest BCUT2D eigenvalue weighted by Gasteiger charge is 2.08. The van der Waals surface area contributed by atoms with E-state index in [0.717, 1.165) is 5.56 Å². The maximum Gasteiger partial charge on any atom is 0.252 e. The molecule has 0 bridgehead atoms. The number of halogens is 2. The lowest BCUT2D eigenvalue weighted by Crippen LogP contribution is -2.29. The number of pyridine rings is 1. The largest absolute Gasteiger partial charge is 0.365 e. The number of nitrogens with one attached hydrogen (secondary N) is 1. The molecule has 1 aromatic heterocycles. The molecule has 0 spiro atoms. The van der Waals surface area contributed by atoms with Gasteiger partial charge in [0.2, 0.25) is 0 Å². The van der Waals surface area contributed by atoms with Gasteiger partial charge in [-0.05, 0) is 23.8 Å². The van der Waals surface area contributed by atoms with Crippen molar-refractivity contribution >= 4 is 34.5 Å².